The SMILES string of the molecule is Nc1ncnc2c1c(-c1ccc(Oc3ccccc3)cc1)nn2C1CCN(CCN2CC(CN3CCN(c4ccc5c(c4)CN(C4CCC(=O)NC4=O)C5=O)CC3)C2)CC1. The second kappa shape index (κ2) is 16.3. The van der Waals surface area contributed by atoms with Gasteiger partial charge in [0, 0.05) is 102 Å². The molecule has 310 valence electrons. The number of likely N-dealkylation sites (tertiary alicyclic amines) is 2. The first-order chi connectivity index (χ1) is 29.3. The van der Waals surface area contributed by atoms with Gasteiger partial charge in [-0.05, 0) is 85.3 Å². The lowest BCUT2D eigenvalue weighted by atomic mass is 9.98. The van der Waals surface area contributed by atoms with Crippen LogP contribution in [-0.2, 0) is 16.1 Å². The molecule has 7 heterocycles. The number of hydrogen-bond acceptors (Lipinski definition) is 12. The first-order valence-corrected chi connectivity index (χ1v) is 21.3. The zero-order valence-electron chi connectivity index (χ0n) is 33.8. The van der Waals surface area contributed by atoms with Gasteiger partial charge in [-0.2, -0.15) is 5.10 Å². The Morgan fingerprint density at radius 3 is 2.30 bits per heavy atom. The molecule has 5 aliphatic rings. The summed E-state index contributed by atoms with van der Waals surface area (Å²) in [5.41, 5.74) is 11.7. The van der Waals surface area contributed by atoms with Gasteiger partial charge in [0.15, 0.2) is 5.65 Å². The van der Waals surface area contributed by atoms with E-state index in [0.717, 1.165) is 130 Å². The van der Waals surface area contributed by atoms with Gasteiger partial charge in [0.1, 0.15) is 35.4 Å². The van der Waals surface area contributed by atoms with Gasteiger partial charge in [0.2, 0.25) is 11.8 Å². The number of amides is 3. The second-order valence-electron chi connectivity index (χ2n) is 16.9. The molecule has 2 aromatic heterocycles. The average Bonchev–Trinajstić information content (AvgIpc) is 3.81. The molecule has 3 amide bonds. The summed E-state index contributed by atoms with van der Waals surface area (Å²) in [4.78, 5) is 58.0. The summed E-state index contributed by atoms with van der Waals surface area (Å²) in [5.74, 6) is 1.92. The van der Waals surface area contributed by atoms with Crippen molar-refractivity contribution in [3.63, 3.8) is 0 Å². The van der Waals surface area contributed by atoms with Gasteiger partial charge >= 0.3 is 0 Å². The summed E-state index contributed by atoms with van der Waals surface area (Å²) >= 11 is 0. The van der Waals surface area contributed by atoms with Gasteiger partial charge in [-0.3, -0.25) is 24.6 Å². The average molecular weight is 810 g/mol. The highest BCUT2D eigenvalue weighted by Gasteiger charge is 2.39. The number of nitrogens with two attached hydrogens (primary N) is 1. The summed E-state index contributed by atoms with van der Waals surface area (Å²) in [6.07, 6.45) is 4.18. The van der Waals surface area contributed by atoms with Crippen molar-refractivity contribution in [2.75, 3.05) is 82.6 Å². The lowest BCUT2D eigenvalue weighted by Gasteiger charge is -2.44. The molecule has 60 heavy (non-hydrogen) atoms. The first-order valence-electron chi connectivity index (χ1n) is 21.3. The number of para-hydroxylation sites is 1. The molecule has 0 saturated carbocycles. The zero-order chi connectivity index (χ0) is 40.7. The Morgan fingerprint density at radius 1 is 0.783 bits per heavy atom. The number of anilines is 2. The summed E-state index contributed by atoms with van der Waals surface area (Å²) < 4.78 is 8.10. The van der Waals surface area contributed by atoms with Crippen LogP contribution in [0.4, 0.5) is 11.5 Å². The third-order valence-electron chi connectivity index (χ3n) is 13.1. The van der Waals surface area contributed by atoms with E-state index in [1.54, 1.807) is 4.90 Å². The van der Waals surface area contributed by atoms with Crippen molar-refractivity contribution in [3.05, 3.63) is 90.3 Å². The van der Waals surface area contributed by atoms with E-state index in [-0.39, 0.29) is 30.2 Å². The van der Waals surface area contributed by atoms with Crippen LogP contribution in [-0.4, -0.2) is 135 Å². The predicted octanol–water partition coefficient (Wildman–Crippen LogP) is 4.02. The number of fused-ring (bicyclic) bond motifs is 2. The molecule has 5 aromatic rings. The highest BCUT2D eigenvalue weighted by atomic mass is 16.5. The number of benzene rings is 3. The van der Waals surface area contributed by atoms with E-state index in [4.69, 9.17) is 15.6 Å². The van der Waals surface area contributed by atoms with Crippen molar-refractivity contribution in [1.29, 1.82) is 0 Å². The molecule has 15 heteroatoms. The highest BCUT2D eigenvalue weighted by molar-refractivity contribution is 6.05. The number of carbonyl (C=O) groups is 3. The number of piperidine rings is 2. The topological polar surface area (TPSA) is 158 Å². The number of nitrogens with zero attached hydrogens (tertiary/aromatic N) is 9. The van der Waals surface area contributed by atoms with Gasteiger partial charge in [0.05, 0.1) is 11.4 Å². The van der Waals surface area contributed by atoms with E-state index in [0.29, 0.717) is 30.3 Å². The third kappa shape index (κ3) is 7.68. The van der Waals surface area contributed by atoms with E-state index in [1.807, 2.05) is 66.7 Å². The Bertz CT molecular complexity index is 2380. The van der Waals surface area contributed by atoms with Crippen molar-refractivity contribution in [2.24, 2.45) is 5.92 Å². The Kier molecular flexibility index (Phi) is 10.4. The highest BCUT2D eigenvalue weighted by Crippen LogP contribution is 2.36. The van der Waals surface area contributed by atoms with Crippen molar-refractivity contribution in [2.45, 2.75) is 44.3 Å². The van der Waals surface area contributed by atoms with Crippen molar-refractivity contribution in [3.8, 4) is 22.8 Å². The fraction of sp³-hybridized carbons (Fsp3) is 0.422. The van der Waals surface area contributed by atoms with Crippen LogP contribution in [0.3, 0.4) is 0 Å². The minimum atomic E-state index is -0.589. The minimum absolute atomic E-state index is 0.125. The number of ether oxygens (including phenoxy) is 1. The predicted molar refractivity (Wildman–Crippen MR) is 227 cm³/mol. The molecule has 0 bridgehead atoms. The molecular formula is C45H51N11O4. The molecule has 0 aliphatic carbocycles. The van der Waals surface area contributed by atoms with Crippen molar-refractivity contribution in [1.82, 2.24) is 44.7 Å². The largest absolute Gasteiger partial charge is 0.457 e. The minimum Gasteiger partial charge on any atom is -0.457 e. The summed E-state index contributed by atoms with van der Waals surface area (Å²) in [6.45, 7) is 12.0. The number of nitrogen functional groups attached to an aromatic ring is 1. The zero-order valence-corrected chi connectivity index (χ0v) is 33.8. The molecule has 4 fully saturated rings. The van der Waals surface area contributed by atoms with Gasteiger partial charge in [-0.1, -0.05) is 18.2 Å². The molecule has 3 N–H and O–H groups in total. The van der Waals surface area contributed by atoms with Crippen LogP contribution >= 0.6 is 0 Å². The monoisotopic (exact) mass is 809 g/mol. The maximum atomic E-state index is 13.1. The van der Waals surface area contributed by atoms with E-state index in [1.165, 1.54) is 6.33 Å². The lowest BCUT2D eigenvalue weighted by Crippen LogP contribution is -2.56. The molecule has 0 spiro atoms. The molecule has 10 rings (SSSR count). The number of carbonyl (C=O) groups excluding carboxylic acids is 3. The van der Waals surface area contributed by atoms with Crippen molar-refractivity contribution < 1.29 is 19.1 Å². The lowest BCUT2D eigenvalue weighted by molar-refractivity contribution is -0.136. The molecule has 4 saturated heterocycles. The number of imide groups is 1. The van der Waals surface area contributed by atoms with Crippen LogP contribution < -0.4 is 20.7 Å². The molecule has 5 aliphatic heterocycles. The molecular weight excluding hydrogens is 759 g/mol. The van der Waals surface area contributed by atoms with E-state index >= 15 is 0 Å². The summed E-state index contributed by atoms with van der Waals surface area (Å²) in [6, 6.07) is 23.4. The van der Waals surface area contributed by atoms with Crippen molar-refractivity contribution >= 4 is 40.3 Å². The van der Waals surface area contributed by atoms with Gasteiger partial charge in [0.25, 0.3) is 5.91 Å². The van der Waals surface area contributed by atoms with Gasteiger partial charge in [-0.25, -0.2) is 14.6 Å². The van der Waals surface area contributed by atoms with Gasteiger partial charge in [-0.15, -0.1) is 0 Å². The maximum Gasteiger partial charge on any atom is 0.255 e. The maximum absolute atomic E-state index is 13.1. The summed E-state index contributed by atoms with van der Waals surface area (Å²) in [5, 5.41) is 8.30. The molecule has 0 radical (unpaired) electrons. The van der Waals surface area contributed by atoms with Crippen LogP contribution in [0.1, 0.15) is 47.6 Å². The number of piperazine rings is 1. The quantitative estimate of drug-likeness (QED) is 0.185. The molecule has 1 unspecified atom stereocenters. The molecule has 1 atom stereocenters. The Labute approximate surface area is 349 Å². The van der Waals surface area contributed by atoms with Crippen LogP contribution in [0.25, 0.3) is 22.3 Å². The number of aromatic nitrogens is 4. The van der Waals surface area contributed by atoms with Crippen LogP contribution in [0, 0.1) is 5.92 Å². The number of rotatable bonds is 11. The fourth-order valence-corrected chi connectivity index (χ4v) is 9.71. The smallest absolute Gasteiger partial charge is 0.255 e. The standard InChI is InChI=1S/C45H51N11O4/c46-42-40-41(31-6-9-36(10-7-31)60-35-4-2-1-3-5-35)50-56(43(40)48-29-47-42)33-14-16-51(17-15-33)18-19-53-26-30(27-53)25-52-20-22-54(23-21-52)34-8-11-37-32(24-34)28-55(45(37)59)38-12-13-39(57)49-44(38)58/h1-11,24,29-30,33,38H,12-23,25-28H2,(H2,46,47,48)(H,49,57,58). The van der Waals surface area contributed by atoms with E-state index in [9.17, 15) is 14.4 Å². The third-order valence-corrected chi connectivity index (χ3v) is 13.1. The molecule has 3 aromatic carbocycles. The van der Waals surface area contributed by atoms with Gasteiger partial charge < -0.3 is 30.1 Å². The Balaban J connectivity index is 0.665. The second-order valence-corrected chi connectivity index (χ2v) is 16.9. The first kappa shape index (κ1) is 38.3. The van der Waals surface area contributed by atoms with E-state index in [2.05, 4.69) is 45.6 Å². The van der Waals surface area contributed by atoms with Crippen LogP contribution in [0.5, 0.6) is 11.5 Å². The number of hydrogen-bond donors (Lipinski definition) is 2. The van der Waals surface area contributed by atoms with Crippen LogP contribution in [0.2, 0.25) is 0 Å². The van der Waals surface area contributed by atoms with E-state index < -0.39 is 6.04 Å². The number of nitrogens with one attached hydrogen (secondary N) is 1. The normalized spacial score (nSPS) is 21.1. The Morgan fingerprint density at radius 2 is 1.53 bits per heavy atom. The fourth-order valence-electron chi connectivity index (χ4n) is 9.71. The molecule has 15 nitrogen and oxygen atoms in total. The Hall–Kier alpha value is -5.90. The van der Waals surface area contributed by atoms with Crippen LogP contribution in [0.15, 0.2) is 79.1 Å². The summed E-state index contributed by atoms with van der Waals surface area (Å²) in [7, 11) is 0.